The Morgan fingerprint density at radius 3 is 2.42 bits per heavy atom. The molecule has 0 aliphatic carbocycles. The van der Waals surface area contributed by atoms with Crippen molar-refractivity contribution in [2.45, 2.75) is 37.6 Å². The van der Waals surface area contributed by atoms with Crippen LogP contribution in [0.5, 0.6) is 23.0 Å². The topological polar surface area (TPSA) is 115 Å². The zero-order chi connectivity index (χ0) is 28.1. The second kappa shape index (κ2) is 12.8. The van der Waals surface area contributed by atoms with Crippen molar-refractivity contribution in [1.82, 2.24) is 4.98 Å². The smallest absolute Gasteiger partial charge is 0.125 e. The first-order valence-corrected chi connectivity index (χ1v) is 13.7. The molecule has 0 saturated carbocycles. The standard InChI is InChI=1S/C31H38N2O7/c1-35-13-4-5-27-29(24-18-39-25-8-6-20(36-2)16-22(25)30(24)34)31(23-17-21(37-3)7-9-26(23)40-27)38-14-11-19-10-12-33-28(32)15-19/h6-10,12,15-17,24,27,29-31,34H,4-5,11,13-14,18H2,1-3H3,(H2,32,33)/t24-,27-,29-,30-,31+/m1/s1. The van der Waals surface area contributed by atoms with Crippen molar-refractivity contribution >= 4 is 5.82 Å². The molecule has 3 N–H and O–H groups in total. The number of aliphatic hydroxyl groups excluding tert-OH is 1. The van der Waals surface area contributed by atoms with Gasteiger partial charge < -0.3 is 39.3 Å². The van der Waals surface area contributed by atoms with Crippen molar-refractivity contribution < 1.29 is 33.5 Å². The fourth-order valence-corrected chi connectivity index (χ4v) is 5.81. The van der Waals surface area contributed by atoms with Gasteiger partial charge in [0.1, 0.15) is 34.9 Å². The molecule has 9 heteroatoms. The highest BCUT2D eigenvalue weighted by Crippen LogP contribution is 2.51. The zero-order valence-corrected chi connectivity index (χ0v) is 23.2. The van der Waals surface area contributed by atoms with E-state index in [-0.39, 0.29) is 24.0 Å². The van der Waals surface area contributed by atoms with Crippen LogP contribution in [0.25, 0.3) is 0 Å². The van der Waals surface area contributed by atoms with Crippen LogP contribution >= 0.6 is 0 Å². The van der Waals surface area contributed by atoms with Gasteiger partial charge in [0.05, 0.1) is 39.6 Å². The van der Waals surface area contributed by atoms with Gasteiger partial charge in [-0.25, -0.2) is 4.98 Å². The molecule has 214 valence electrons. The first-order valence-electron chi connectivity index (χ1n) is 13.7. The van der Waals surface area contributed by atoms with Crippen molar-refractivity contribution in [3.05, 3.63) is 71.4 Å². The van der Waals surface area contributed by atoms with Gasteiger partial charge in [0.2, 0.25) is 0 Å². The van der Waals surface area contributed by atoms with Gasteiger partial charge in [0, 0.05) is 42.9 Å². The Kier molecular flexibility index (Phi) is 8.94. The minimum absolute atomic E-state index is 0.215. The zero-order valence-electron chi connectivity index (χ0n) is 23.2. The fourth-order valence-electron chi connectivity index (χ4n) is 5.81. The predicted octanol–water partition coefficient (Wildman–Crippen LogP) is 4.53. The number of pyridine rings is 1. The van der Waals surface area contributed by atoms with E-state index in [0.29, 0.717) is 54.9 Å². The molecule has 5 rings (SSSR count). The van der Waals surface area contributed by atoms with Crippen LogP contribution in [0, 0.1) is 11.8 Å². The van der Waals surface area contributed by atoms with E-state index in [0.717, 1.165) is 29.7 Å². The highest BCUT2D eigenvalue weighted by Gasteiger charge is 2.48. The van der Waals surface area contributed by atoms with Gasteiger partial charge in [0.15, 0.2) is 0 Å². The monoisotopic (exact) mass is 550 g/mol. The molecule has 3 aromatic rings. The minimum Gasteiger partial charge on any atom is -0.497 e. The first-order chi connectivity index (χ1) is 19.5. The third kappa shape index (κ3) is 5.96. The molecule has 2 aliphatic heterocycles. The Hall–Kier alpha value is -3.53. The summed E-state index contributed by atoms with van der Waals surface area (Å²) < 4.78 is 35.9. The van der Waals surface area contributed by atoms with Gasteiger partial charge in [-0.15, -0.1) is 0 Å². The SMILES string of the molecule is COCCC[C@H]1Oc2ccc(OC)cc2[C@H](OCCc2ccnc(N)c2)[C@@H]1[C@H]1COc2ccc(OC)cc2[C@H]1O. The van der Waals surface area contributed by atoms with Gasteiger partial charge in [0.25, 0.3) is 0 Å². The molecule has 0 saturated heterocycles. The van der Waals surface area contributed by atoms with Gasteiger partial charge >= 0.3 is 0 Å². The quantitative estimate of drug-likeness (QED) is 0.332. The van der Waals surface area contributed by atoms with E-state index in [1.54, 1.807) is 27.5 Å². The van der Waals surface area contributed by atoms with Gasteiger partial charge in [-0.05, 0) is 73.4 Å². The van der Waals surface area contributed by atoms with E-state index in [1.807, 2.05) is 48.5 Å². The molecule has 40 heavy (non-hydrogen) atoms. The number of aromatic nitrogens is 1. The maximum absolute atomic E-state index is 11.8. The molecule has 0 fully saturated rings. The summed E-state index contributed by atoms with van der Waals surface area (Å²) in [4.78, 5) is 4.09. The number of benzene rings is 2. The third-order valence-corrected chi connectivity index (χ3v) is 7.82. The molecule has 3 heterocycles. The molecular weight excluding hydrogens is 512 g/mol. The van der Waals surface area contributed by atoms with Crippen LogP contribution in [0.3, 0.4) is 0 Å². The lowest BCUT2D eigenvalue weighted by Gasteiger charge is -2.46. The Labute approximate surface area is 235 Å². The number of hydrogen-bond donors (Lipinski definition) is 2. The number of ether oxygens (including phenoxy) is 6. The van der Waals surface area contributed by atoms with Crippen LogP contribution < -0.4 is 24.7 Å². The Morgan fingerprint density at radius 2 is 1.70 bits per heavy atom. The van der Waals surface area contributed by atoms with E-state index in [4.69, 9.17) is 34.2 Å². The molecule has 5 atom stereocenters. The fraction of sp³-hybridized carbons (Fsp3) is 0.452. The van der Waals surface area contributed by atoms with Crippen molar-refractivity contribution in [2.75, 3.05) is 46.9 Å². The molecular formula is C31H38N2O7. The molecule has 0 radical (unpaired) electrons. The predicted molar refractivity (Wildman–Crippen MR) is 150 cm³/mol. The van der Waals surface area contributed by atoms with Crippen molar-refractivity contribution in [3.63, 3.8) is 0 Å². The molecule has 2 aromatic carbocycles. The van der Waals surface area contributed by atoms with Gasteiger partial charge in [-0.2, -0.15) is 0 Å². The number of nitrogen functional groups attached to an aromatic ring is 1. The third-order valence-electron chi connectivity index (χ3n) is 7.82. The summed E-state index contributed by atoms with van der Waals surface area (Å²) >= 11 is 0. The maximum Gasteiger partial charge on any atom is 0.125 e. The van der Waals surface area contributed by atoms with E-state index < -0.39 is 6.10 Å². The molecule has 0 unspecified atom stereocenters. The number of nitrogens with two attached hydrogens (primary N) is 1. The number of hydrogen-bond acceptors (Lipinski definition) is 9. The van der Waals surface area contributed by atoms with Crippen molar-refractivity contribution in [1.29, 1.82) is 0 Å². The minimum atomic E-state index is -0.796. The number of nitrogens with zero attached hydrogens (tertiary/aromatic N) is 1. The first kappa shape index (κ1) is 28.0. The van der Waals surface area contributed by atoms with E-state index in [1.165, 1.54) is 0 Å². The summed E-state index contributed by atoms with van der Waals surface area (Å²) in [7, 11) is 4.95. The van der Waals surface area contributed by atoms with E-state index in [2.05, 4.69) is 4.98 Å². The molecule has 1 aromatic heterocycles. The summed E-state index contributed by atoms with van der Waals surface area (Å²) in [6.45, 7) is 1.39. The summed E-state index contributed by atoms with van der Waals surface area (Å²) in [5.41, 5.74) is 8.53. The van der Waals surface area contributed by atoms with Crippen LogP contribution in [-0.2, 0) is 15.9 Å². The lowest BCUT2D eigenvalue weighted by atomic mass is 9.73. The van der Waals surface area contributed by atoms with Gasteiger partial charge in [-0.3, -0.25) is 0 Å². The van der Waals surface area contributed by atoms with Gasteiger partial charge in [-0.1, -0.05) is 0 Å². The summed E-state index contributed by atoms with van der Waals surface area (Å²) in [6.07, 6.45) is 2.51. The molecule has 0 amide bonds. The van der Waals surface area contributed by atoms with Crippen LogP contribution in [0.2, 0.25) is 0 Å². The number of anilines is 1. The van der Waals surface area contributed by atoms with Crippen LogP contribution in [0.1, 0.15) is 41.7 Å². The summed E-state index contributed by atoms with van der Waals surface area (Å²) in [5.74, 6) is 2.76. The maximum atomic E-state index is 11.8. The lowest BCUT2D eigenvalue weighted by molar-refractivity contribution is -0.112. The average molecular weight is 551 g/mol. The summed E-state index contributed by atoms with van der Waals surface area (Å²) in [5, 5.41) is 11.8. The Morgan fingerprint density at radius 1 is 0.950 bits per heavy atom. The second-order valence-corrected chi connectivity index (χ2v) is 10.2. The molecule has 9 nitrogen and oxygen atoms in total. The Bertz CT molecular complexity index is 1290. The number of methoxy groups -OCH3 is 3. The van der Waals surface area contributed by atoms with Crippen LogP contribution in [0.15, 0.2) is 54.7 Å². The Balaban J connectivity index is 1.50. The number of fused-ring (bicyclic) bond motifs is 2. The molecule has 0 bridgehead atoms. The largest absolute Gasteiger partial charge is 0.497 e. The number of aliphatic hydroxyl groups is 1. The number of rotatable bonds is 11. The van der Waals surface area contributed by atoms with Crippen molar-refractivity contribution in [3.8, 4) is 23.0 Å². The van der Waals surface area contributed by atoms with Crippen LogP contribution in [0.4, 0.5) is 5.82 Å². The van der Waals surface area contributed by atoms with E-state index >= 15 is 0 Å². The van der Waals surface area contributed by atoms with Crippen molar-refractivity contribution in [2.24, 2.45) is 11.8 Å². The highest BCUT2D eigenvalue weighted by atomic mass is 16.5. The van der Waals surface area contributed by atoms with Crippen LogP contribution in [-0.4, -0.2) is 57.3 Å². The molecule has 0 spiro atoms. The lowest BCUT2D eigenvalue weighted by Crippen LogP contribution is -2.46. The normalized spacial score (nSPS) is 23.4. The van der Waals surface area contributed by atoms with E-state index in [9.17, 15) is 5.11 Å². The summed E-state index contributed by atoms with van der Waals surface area (Å²) in [6, 6.07) is 15.1. The second-order valence-electron chi connectivity index (χ2n) is 10.2. The molecule has 2 aliphatic rings. The highest BCUT2D eigenvalue weighted by molar-refractivity contribution is 5.46. The average Bonchev–Trinajstić information content (AvgIpc) is 2.97.